The Hall–Kier alpha value is -1.45. The Bertz CT molecular complexity index is 815. The topological polar surface area (TPSA) is 96.4 Å². The minimum Gasteiger partial charge on any atom is -0.477 e. The number of carboxylic acid groups (broad SMARTS) is 1. The fourth-order valence-electron chi connectivity index (χ4n) is 1.63. The number of hydrogen-bond donors (Lipinski definition) is 2. The molecule has 2 aromatic heterocycles. The summed E-state index contributed by atoms with van der Waals surface area (Å²) in [4.78, 5) is 15.1. The number of nitrogens with zero attached hydrogens (tertiary/aromatic N) is 1. The lowest BCUT2D eigenvalue weighted by Gasteiger charge is -2.08. The number of hydrogen-bond acceptors (Lipinski definition) is 5. The van der Waals surface area contributed by atoms with Crippen molar-refractivity contribution >= 4 is 48.9 Å². The highest BCUT2D eigenvalue weighted by Gasteiger charge is 2.22. The van der Waals surface area contributed by atoms with Gasteiger partial charge in [-0.05, 0) is 53.5 Å². The summed E-state index contributed by atoms with van der Waals surface area (Å²) >= 11 is 3.92. The van der Waals surface area contributed by atoms with Crippen molar-refractivity contribution in [2.24, 2.45) is 0 Å². The van der Waals surface area contributed by atoms with E-state index in [1.165, 1.54) is 6.07 Å². The van der Waals surface area contributed by atoms with E-state index in [1.54, 1.807) is 26.0 Å². The van der Waals surface area contributed by atoms with E-state index in [2.05, 4.69) is 25.6 Å². The largest absolute Gasteiger partial charge is 0.477 e. The van der Waals surface area contributed by atoms with Gasteiger partial charge in [0, 0.05) is 0 Å². The zero-order chi connectivity index (χ0) is 15.8. The van der Waals surface area contributed by atoms with Gasteiger partial charge in [0.05, 0.1) is 11.4 Å². The van der Waals surface area contributed by atoms with Crippen molar-refractivity contribution < 1.29 is 18.3 Å². The van der Waals surface area contributed by atoms with Gasteiger partial charge in [0.15, 0.2) is 0 Å². The average Bonchev–Trinajstić information content (AvgIpc) is 2.76. The molecule has 2 rings (SSSR count). The van der Waals surface area contributed by atoms with Gasteiger partial charge >= 0.3 is 5.97 Å². The van der Waals surface area contributed by atoms with Crippen molar-refractivity contribution in [3.63, 3.8) is 0 Å². The van der Waals surface area contributed by atoms with Crippen LogP contribution in [0.2, 0.25) is 0 Å². The van der Waals surface area contributed by atoms with E-state index in [0.717, 1.165) is 11.3 Å². The van der Waals surface area contributed by atoms with Crippen LogP contribution in [0.4, 0.5) is 5.69 Å². The molecule has 0 aliphatic heterocycles. The SMILES string of the molecule is Cc1cc(S(=O)(=O)Nc2ccc(Br)nc2C)sc1C(=O)O. The summed E-state index contributed by atoms with van der Waals surface area (Å²) in [6.45, 7) is 3.23. The van der Waals surface area contributed by atoms with Gasteiger partial charge in [0.1, 0.15) is 13.7 Å². The van der Waals surface area contributed by atoms with E-state index < -0.39 is 16.0 Å². The molecule has 0 aliphatic carbocycles. The Labute approximate surface area is 134 Å². The molecule has 0 aliphatic rings. The van der Waals surface area contributed by atoms with Crippen molar-refractivity contribution in [2.45, 2.75) is 18.1 Å². The molecule has 0 bridgehead atoms. The fraction of sp³-hybridized carbons (Fsp3) is 0.167. The van der Waals surface area contributed by atoms with E-state index in [0.29, 0.717) is 21.5 Å². The van der Waals surface area contributed by atoms with E-state index >= 15 is 0 Å². The summed E-state index contributed by atoms with van der Waals surface area (Å²) in [5, 5.41) is 8.99. The number of aromatic nitrogens is 1. The van der Waals surface area contributed by atoms with Gasteiger partial charge in [-0.3, -0.25) is 4.72 Å². The maximum atomic E-state index is 12.3. The minimum absolute atomic E-state index is 0.0148. The van der Waals surface area contributed by atoms with Crippen LogP contribution in [0.1, 0.15) is 20.9 Å². The number of nitrogens with one attached hydrogen (secondary N) is 1. The Morgan fingerprint density at radius 2 is 2.05 bits per heavy atom. The second-order valence-electron chi connectivity index (χ2n) is 4.26. The summed E-state index contributed by atoms with van der Waals surface area (Å²) in [7, 11) is -3.83. The molecule has 0 atom stereocenters. The molecule has 0 amide bonds. The second kappa shape index (κ2) is 5.74. The molecule has 6 nitrogen and oxygen atoms in total. The van der Waals surface area contributed by atoms with E-state index in [1.807, 2.05) is 0 Å². The number of halogens is 1. The molecule has 2 N–H and O–H groups in total. The van der Waals surface area contributed by atoms with Crippen molar-refractivity contribution in [1.29, 1.82) is 0 Å². The molecule has 2 aromatic rings. The van der Waals surface area contributed by atoms with Crippen LogP contribution in [-0.4, -0.2) is 24.5 Å². The highest BCUT2D eigenvalue weighted by Crippen LogP contribution is 2.28. The zero-order valence-electron chi connectivity index (χ0n) is 11.0. The molecule has 0 spiro atoms. The average molecular weight is 391 g/mol. The van der Waals surface area contributed by atoms with Crippen LogP contribution in [0.15, 0.2) is 27.0 Å². The molecule has 9 heteroatoms. The Morgan fingerprint density at radius 1 is 1.38 bits per heavy atom. The first-order chi connectivity index (χ1) is 9.70. The summed E-state index contributed by atoms with van der Waals surface area (Å²) in [6, 6.07) is 4.55. The highest BCUT2D eigenvalue weighted by atomic mass is 79.9. The Balaban J connectivity index is 2.38. The maximum absolute atomic E-state index is 12.3. The van der Waals surface area contributed by atoms with Crippen molar-refractivity contribution in [1.82, 2.24) is 4.98 Å². The van der Waals surface area contributed by atoms with Crippen molar-refractivity contribution in [2.75, 3.05) is 4.72 Å². The van der Waals surface area contributed by atoms with Crippen LogP contribution in [0.5, 0.6) is 0 Å². The highest BCUT2D eigenvalue weighted by molar-refractivity contribution is 9.10. The number of aromatic carboxylic acids is 1. The van der Waals surface area contributed by atoms with Gasteiger partial charge in [0.2, 0.25) is 0 Å². The molecule has 0 radical (unpaired) electrons. The lowest BCUT2D eigenvalue weighted by Crippen LogP contribution is -2.12. The molecule has 0 unspecified atom stereocenters. The van der Waals surface area contributed by atoms with Crippen LogP contribution < -0.4 is 4.72 Å². The van der Waals surface area contributed by atoms with Crippen LogP contribution in [0, 0.1) is 13.8 Å². The van der Waals surface area contributed by atoms with Crippen LogP contribution in [0.3, 0.4) is 0 Å². The quantitative estimate of drug-likeness (QED) is 0.781. The van der Waals surface area contributed by atoms with Gasteiger partial charge in [-0.25, -0.2) is 18.2 Å². The third kappa shape index (κ3) is 3.42. The molecular formula is C12H11BrN2O4S2. The van der Waals surface area contributed by atoms with Gasteiger partial charge in [-0.1, -0.05) is 0 Å². The van der Waals surface area contributed by atoms with Crippen molar-refractivity contribution in [3.8, 4) is 0 Å². The second-order valence-corrected chi connectivity index (χ2v) is 8.03. The van der Waals surface area contributed by atoms with E-state index in [9.17, 15) is 13.2 Å². The number of carbonyl (C=O) groups is 1. The minimum atomic E-state index is -3.83. The molecular weight excluding hydrogens is 380 g/mol. The molecule has 2 heterocycles. The van der Waals surface area contributed by atoms with Crippen molar-refractivity contribution in [3.05, 3.63) is 38.9 Å². The van der Waals surface area contributed by atoms with Gasteiger partial charge in [-0.15, -0.1) is 11.3 Å². The fourth-order valence-corrected chi connectivity index (χ4v) is 4.52. The number of rotatable bonds is 4. The molecule has 0 fully saturated rings. The van der Waals surface area contributed by atoms with Crippen LogP contribution >= 0.6 is 27.3 Å². The standard InChI is InChI=1S/C12H11BrN2O4S2/c1-6-5-10(20-11(6)12(16)17)21(18,19)15-8-3-4-9(13)14-7(8)2/h3-5,15H,1-2H3,(H,16,17). The lowest BCUT2D eigenvalue weighted by molar-refractivity contribution is 0.0701. The van der Waals surface area contributed by atoms with Gasteiger partial charge < -0.3 is 5.11 Å². The molecule has 0 saturated carbocycles. The Morgan fingerprint density at radius 3 is 2.57 bits per heavy atom. The lowest BCUT2D eigenvalue weighted by atomic mass is 10.3. The predicted molar refractivity (Wildman–Crippen MR) is 83.5 cm³/mol. The molecule has 0 saturated heterocycles. The number of pyridine rings is 1. The number of aryl methyl sites for hydroxylation is 2. The maximum Gasteiger partial charge on any atom is 0.346 e. The number of carboxylic acids is 1. The summed E-state index contributed by atoms with van der Waals surface area (Å²) < 4.78 is 27.6. The summed E-state index contributed by atoms with van der Waals surface area (Å²) in [6.07, 6.45) is 0. The Kier molecular flexibility index (Phi) is 4.35. The number of anilines is 1. The van der Waals surface area contributed by atoms with E-state index in [4.69, 9.17) is 5.11 Å². The third-order valence-corrected chi connectivity index (χ3v) is 6.16. The molecule has 21 heavy (non-hydrogen) atoms. The summed E-state index contributed by atoms with van der Waals surface area (Å²) in [5.74, 6) is -1.14. The van der Waals surface area contributed by atoms with Crippen LogP contribution in [0.25, 0.3) is 0 Å². The predicted octanol–water partition coefficient (Wildman–Crippen LogP) is 3.02. The van der Waals surface area contributed by atoms with Gasteiger partial charge in [-0.2, -0.15) is 0 Å². The number of sulfonamides is 1. The van der Waals surface area contributed by atoms with Crippen LogP contribution in [-0.2, 0) is 10.0 Å². The van der Waals surface area contributed by atoms with E-state index in [-0.39, 0.29) is 9.09 Å². The molecule has 0 aromatic carbocycles. The number of thiophene rings is 1. The molecule has 112 valence electrons. The first kappa shape index (κ1) is 15.9. The smallest absolute Gasteiger partial charge is 0.346 e. The summed E-state index contributed by atoms with van der Waals surface area (Å²) in [5.41, 5.74) is 1.28. The monoisotopic (exact) mass is 390 g/mol. The normalized spacial score (nSPS) is 11.4. The zero-order valence-corrected chi connectivity index (χ0v) is 14.3. The first-order valence-electron chi connectivity index (χ1n) is 5.70. The first-order valence-corrected chi connectivity index (χ1v) is 8.79. The van der Waals surface area contributed by atoms with Gasteiger partial charge in [0.25, 0.3) is 10.0 Å². The third-order valence-electron chi connectivity index (χ3n) is 2.65.